The van der Waals surface area contributed by atoms with Crippen LogP contribution in [0.2, 0.25) is 0 Å². The summed E-state index contributed by atoms with van der Waals surface area (Å²) < 4.78 is 0. The molecule has 1 saturated carbocycles. The van der Waals surface area contributed by atoms with Gasteiger partial charge in [0.15, 0.2) is 0 Å². The van der Waals surface area contributed by atoms with Gasteiger partial charge in [-0.3, -0.25) is 14.8 Å². The molecule has 0 atom stereocenters. The summed E-state index contributed by atoms with van der Waals surface area (Å²) in [6, 6.07) is 7.83. The molecular weight excluding hydrogens is 262 g/mol. The SMILES string of the molecule is O=C(NCc1ccnc(-c2ccncc2)c1)C1CCCC1. The van der Waals surface area contributed by atoms with Crippen LogP contribution in [0.5, 0.6) is 0 Å². The molecule has 0 aliphatic heterocycles. The lowest BCUT2D eigenvalue weighted by atomic mass is 10.1. The average Bonchev–Trinajstić information content (AvgIpc) is 3.08. The predicted octanol–water partition coefficient (Wildman–Crippen LogP) is 2.95. The van der Waals surface area contributed by atoms with E-state index in [1.165, 1.54) is 12.8 Å². The van der Waals surface area contributed by atoms with Crippen LogP contribution in [0, 0.1) is 5.92 Å². The van der Waals surface area contributed by atoms with E-state index in [2.05, 4.69) is 15.3 Å². The standard InChI is InChI=1S/C17H19N3O/c21-17(15-3-1-2-4-15)20-12-13-5-10-19-16(11-13)14-6-8-18-9-7-14/h5-11,15H,1-4,12H2,(H,20,21). The van der Waals surface area contributed by atoms with E-state index in [1.54, 1.807) is 18.6 Å². The van der Waals surface area contributed by atoms with E-state index in [9.17, 15) is 4.79 Å². The topological polar surface area (TPSA) is 54.9 Å². The molecule has 1 fully saturated rings. The number of nitrogens with one attached hydrogen (secondary N) is 1. The molecule has 0 spiro atoms. The lowest BCUT2D eigenvalue weighted by molar-refractivity contribution is -0.124. The Labute approximate surface area is 124 Å². The number of carbonyl (C=O) groups excluding carboxylic acids is 1. The van der Waals surface area contributed by atoms with Gasteiger partial charge in [-0.25, -0.2) is 0 Å². The third kappa shape index (κ3) is 3.45. The van der Waals surface area contributed by atoms with Crippen molar-refractivity contribution in [2.45, 2.75) is 32.2 Å². The highest BCUT2D eigenvalue weighted by Gasteiger charge is 2.22. The Kier molecular flexibility index (Phi) is 4.24. The first-order valence-electron chi connectivity index (χ1n) is 7.46. The maximum Gasteiger partial charge on any atom is 0.223 e. The molecule has 108 valence electrons. The van der Waals surface area contributed by atoms with Crippen LogP contribution in [0.25, 0.3) is 11.3 Å². The van der Waals surface area contributed by atoms with Crippen LogP contribution in [0.1, 0.15) is 31.2 Å². The fourth-order valence-corrected chi connectivity index (χ4v) is 2.79. The van der Waals surface area contributed by atoms with E-state index < -0.39 is 0 Å². The number of amides is 1. The Morgan fingerprint density at radius 3 is 2.67 bits per heavy atom. The quantitative estimate of drug-likeness (QED) is 0.937. The fourth-order valence-electron chi connectivity index (χ4n) is 2.79. The second-order valence-corrected chi connectivity index (χ2v) is 5.48. The number of pyridine rings is 2. The van der Waals surface area contributed by atoms with Crippen LogP contribution in [0.4, 0.5) is 0 Å². The van der Waals surface area contributed by atoms with Gasteiger partial charge in [-0.05, 0) is 42.7 Å². The minimum Gasteiger partial charge on any atom is -0.352 e. The number of carbonyl (C=O) groups is 1. The predicted molar refractivity (Wildman–Crippen MR) is 81.3 cm³/mol. The summed E-state index contributed by atoms with van der Waals surface area (Å²) in [4.78, 5) is 20.4. The Morgan fingerprint density at radius 1 is 1.14 bits per heavy atom. The van der Waals surface area contributed by atoms with Crippen molar-refractivity contribution in [3.63, 3.8) is 0 Å². The average molecular weight is 281 g/mol. The highest BCUT2D eigenvalue weighted by atomic mass is 16.1. The Hall–Kier alpha value is -2.23. The Balaban J connectivity index is 1.65. The molecule has 2 aromatic heterocycles. The second-order valence-electron chi connectivity index (χ2n) is 5.48. The van der Waals surface area contributed by atoms with Crippen LogP contribution >= 0.6 is 0 Å². The number of rotatable bonds is 4. The van der Waals surface area contributed by atoms with E-state index in [1.807, 2.05) is 24.3 Å². The molecule has 0 aromatic carbocycles. The first-order chi connectivity index (χ1) is 10.3. The maximum atomic E-state index is 12.0. The minimum atomic E-state index is 0.190. The molecule has 1 aliphatic carbocycles. The molecular formula is C17H19N3O. The van der Waals surface area contributed by atoms with Crippen molar-refractivity contribution in [1.29, 1.82) is 0 Å². The highest BCUT2D eigenvalue weighted by molar-refractivity contribution is 5.78. The van der Waals surface area contributed by atoms with Crippen molar-refractivity contribution >= 4 is 5.91 Å². The van der Waals surface area contributed by atoms with Crippen molar-refractivity contribution in [1.82, 2.24) is 15.3 Å². The van der Waals surface area contributed by atoms with Gasteiger partial charge in [0.2, 0.25) is 5.91 Å². The van der Waals surface area contributed by atoms with Crippen molar-refractivity contribution < 1.29 is 4.79 Å². The smallest absolute Gasteiger partial charge is 0.223 e. The van der Waals surface area contributed by atoms with Gasteiger partial charge in [-0.15, -0.1) is 0 Å². The first kappa shape index (κ1) is 13.7. The second kappa shape index (κ2) is 6.48. The summed E-state index contributed by atoms with van der Waals surface area (Å²) in [7, 11) is 0. The highest BCUT2D eigenvalue weighted by Crippen LogP contribution is 2.24. The van der Waals surface area contributed by atoms with E-state index >= 15 is 0 Å². The maximum absolute atomic E-state index is 12.0. The molecule has 3 rings (SSSR count). The molecule has 0 unspecified atom stereocenters. The van der Waals surface area contributed by atoms with Crippen LogP contribution < -0.4 is 5.32 Å². The third-order valence-electron chi connectivity index (χ3n) is 3.99. The van der Waals surface area contributed by atoms with E-state index in [4.69, 9.17) is 0 Å². The number of nitrogens with zero attached hydrogens (tertiary/aromatic N) is 2. The minimum absolute atomic E-state index is 0.190. The van der Waals surface area contributed by atoms with Crippen molar-refractivity contribution in [3.8, 4) is 11.3 Å². The summed E-state index contributed by atoms with van der Waals surface area (Å²) in [6.07, 6.45) is 9.72. The van der Waals surface area contributed by atoms with E-state index in [-0.39, 0.29) is 11.8 Å². The molecule has 4 heteroatoms. The fraction of sp³-hybridized carbons (Fsp3) is 0.353. The first-order valence-corrected chi connectivity index (χ1v) is 7.46. The van der Waals surface area contributed by atoms with E-state index in [0.717, 1.165) is 29.7 Å². The van der Waals surface area contributed by atoms with Gasteiger partial charge in [0.25, 0.3) is 0 Å². The zero-order chi connectivity index (χ0) is 14.5. The van der Waals surface area contributed by atoms with Gasteiger partial charge < -0.3 is 5.32 Å². The molecule has 4 nitrogen and oxygen atoms in total. The van der Waals surface area contributed by atoms with Crippen LogP contribution in [0.3, 0.4) is 0 Å². The third-order valence-corrected chi connectivity index (χ3v) is 3.99. The number of hydrogen-bond acceptors (Lipinski definition) is 3. The zero-order valence-electron chi connectivity index (χ0n) is 12.0. The molecule has 1 amide bonds. The Morgan fingerprint density at radius 2 is 1.90 bits per heavy atom. The molecule has 21 heavy (non-hydrogen) atoms. The van der Waals surface area contributed by atoms with Gasteiger partial charge in [-0.1, -0.05) is 12.8 Å². The molecule has 0 radical (unpaired) electrons. The largest absolute Gasteiger partial charge is 0.352 e. The summed E-state index contributed by atoms with van der Waals surface area (Å²) in [5, 5.41) is 3.04. The van der Waals surface area contributed by atoms with Crippen molar-refractivity contribution in [3.05, 3.63) is 48.4 Å². The summed E-state index contributed by atoms with van der Waals surface area (Å²) in [5.41, 5.74) is 3.02. The molecule has 0 bridgehead atoms. The number of hydrogen-bond donors (Lipinski definition) is 1. The molecule has 0 saturated heterocycles. The summed E-state index contributed by atoms with van der Waals surface area (Å²) in [5.74, 6) is 0.404. The van der Waals surface area contributed by atoms with Gasteiger partial charge in [0.05, 0.1) is 5.69 Å². The summed E-state index contributed by atoms with van der Waals surface area (Å²) >= 11 is 0. The van der Waals surface area contributed by atoms with Gasteiger partial charge >= 0.3 is 0 Å². The zero-order valence-corrected chi connectivity index (χ0v) is 12.0. The lowest BCUT2D eigenvalue weighted by Crippen LogP contribution is -2.28. The molecule has 2 heterocycles. The van der Waals surface area contributed by atoms with Crippen molar-refractivity contribution in [2.75, 3.05) is 0 Å². The molecule has 1 N–H and O–H groups in total. The normalized spacial score (nSPS) is 15.0. The van der Waals surface area contributed by atoms with Gasteiger partial charge in [-0.2, -0.15) is 0 Å². The molecule has 1 aliphatic rings. The monoisotopic (exact) mass is 281 g/mol. The van der Waals surface area contributed by atoms with Crippen LogP contribution in [-0.2, 0) is 11.3 Å². The lowest BCUT2D eigenvalue weighted by Gasteiger charge is -2.11. The van der Waals surface area contributed by atoms with Crippen LogP contribution in [-0.4, -0.2) is 15.9 Å². The van der Waals surface area contributed by atoms with E-state index in [0.29, 0.717) is 6.54 Å². The van der Waals surface area contributed by atoms with Gasteiger partial charge in [0, 0.05) is 36.6 Å². The molecule has 2 aromatic rings. The van der Waals surface area contributed by atoms with Crippen molar-refractivity contribution in [2.24, 2.45) is 5.92 Å². The Bertz CT molecular complexity index is 606. The van der Waals surface area contributed by atoms with Crippen LogP contribution in [0.15, 0.2) is 42.9 Å². The van der Waals surface area contributed by atoms with Gasteiger partial charge in [0.1, 0.15) is 0 Å². The number of aromatic nitrogens is 2. The summed E-state index contributed by atoms with van der Waals surface area (Å²) in [6.45, 7) is 0.565.